The Morgan fingerprint density at radius 2 is 2.27 bits per heavy atom. The number of hydrogen-bond acceptors (Lipinski definition) is 2. The Hall–Kier alpha value is -1.64. The van der Waals surface area contributed by atoms with Crippen molar-refractivity contribution < 1.29 is 13.9 Å². The second-order valence-corrected chi connectivity index (χ2v) is 3.09. The van der Waals surface area contributed by atoms with Crippen LogP contribution in [0.15, 0.2) is 36.4 Å². The van der Waals surface area contributed by atoms with Gasteiger partial charge in [-0.2, -0.15) is 0 Å². The fourth-order valence-corrected chi connectivity index (χ4v) is 1.15. The van der Waals surface area contributed by atoms with E-state index in [1.165, 1.54) is 19.2 Å². The number of halogens is 1. The van der Waals surface area contributed by atoms with E-state index in [4.69, 9.17) is 0 Å². The van der Waals surface area contributed by atoms with Crippen LogP contribution in [0.3, 0.4) is 0 Å². The van der Waals surface area contributed by atoms with Crippen molar-refractivity contribution in [3.8, 4) is 0 Å². The fraction of sp³-hybridized carbons (Fsp3) is 0.250. The van der Waals surface area contributed by atoms with Gasteiger partial charge in [0, 0.05) is 0 Å². The zero-order valence-electron chi connectivity index (χ0n) is 8.57. The maximum absolute atomic E-state index is 12.8. The summed E-state index contributed by atoms with van der Waals surface area (Å²) in [6.45, 7) is 0. The lowest BCUT2D eigenvalue weighted by Crippen LogP contribution is -1.96. The summed E-state index contributed by atoms with van der Waals surface area (Å²) in [5, 5.41) is 0. The zero-order chi connectivity index (χ0) is 11.1. The molecule has 0 aliphatic rings. The number of carbonyl (C=O) groups excluding carboxylic acids is 1. The number of carbonyl (C=O) groups is 1. The van der Waals surface area contributed by atoms with Gasteiger partial charge in [0.05, 0.1) is 13.5 Å². The van der Waals surface area contributed by atoms with Gasteiger partial charge in [0.25, 0.3) is 0 Å². The quantitative estimate of drug-likeness (QED) is 0.561. The summed E-state index contributed by atoms with van der Waals surface area (Å²) in [5.41, 5.74) is 0.885. The minimum Gasteiger partial charge on any atom is -0.469 e. The van der Waals surface area contributed by atoms with Crippen LogP contribution in [0.5, 0.6) is 0 Å². The van der Waals surface area contributed by atoms with Gasteiger partial charge in [0.2, 0.25) is 0 Å². The summed E-state index contributed by atoms with van der Waals surface area (Å²) >= 11 is 0. The molecular weight excluding hydrogens is 195 g/mol. The monoisotopic (exact) mass is 208 g/mol. The average molecular weight is 208 g/mol. The second-order valence-electron chi connectivity index (χ2n) is 3.09. The second kappa shape index (κ2) is 5.96. The molecule has 0 radical (unpaired) electrons. The molecule has 0 heterocycles. The molecule has 3 heteroatoms. The molecule has 1 aromatic carbocycles. The third kappa shape index (κ3) is 4.40. The first-order chi connectivity index (χ1) is 7.22. The Morgan fingerprint density at radius 1 is 1.47 bits per heavy atom. The Labute approximate surface area is 88.4 Å². The molecule has 0 unspecified atom stereocenters. The lowest BCUT2D eigenvalue weighted by atomic mass is 10.1. The summed E-state index contributed by atoms with van der Waals surface area (Å²) in [6.07, 6.45) is 4.42. The smallest absolute Gasteiger partial charge is 0.309 e. The van der Waals surface area contributed by atoms with Gasteiger partial charge in [0.1, 0.15) is 5.82 Å². The van der Waals surface area contributed by atoms with Crippen LogP contribution in [0.1, 0.15) is 12.0 Å². The molecule has 0 amide bonds. The number of ether oxygens (including phenoxy) is 1. The van der Waals surface area contributed by atoms with Crippen LogP contribution in [0.4, 0.5) is 4.39 Å². The van der Waals surface area contributed by atoms with Crippen molar-refractivity contribution in [1.29, 1.82) is 0 Å². The summed E-state index contributed by atoms with van der Waals surface area (Å²) in [5.74, 6) is -0.514. The van der Waals surface area contributed by atoms with Crippen LogP contribution < -0.4 is 0 Å². The molecule has 0 saturated heterocycles. The van der Waals surface area contributed by atoms with E-state index >= 15 is 0 Å². The molecule has 0 saturated carbocycles. The molecule has 1 rings (SSSR count). The van der Waals surface area contributed by atoms with Crippen LogP contribution in [-0.4, -0.2) is 13.1 Å². The number of rotatable bonds is 4. The lowest BCUT2D eigenvalue weighted by molar-refractivity contribution is -0.139. The van der Waals surface area contributed by atoms with Gasteiger partial charge >= 0.3 is 5.97 Å². The number of benzene rings is 1. The molecule has 1 aromatic rings. The van der Waals surface area contributed by atoms with Crippen LogP contribution >= 0.6 is 0 Å². The molecule has 0 bridgehead atoms. The van der Waals surface area contributed by atoms with Crippen molar-refractivity contribution in [2.24, 2.45) is 0 Å². The van der Waals surface area contributed by atoms with Gasteiger partial charge in [-0.15, -0.1) is 0 Å². The van der Waals surface area contributed by atoms with Gasteiger partial charge < -0.3 is 4.74 Å². The highest BCUT2D eigenvalue weighted by molar-refractivity contribution is 5.70. The predicted octanol–water partition coefficient (Wildman–Crippen LogP) is 2.49. The van der Waals surface area contributed by atoms with Crippen LogP contribution in [-0.2, 0) is 16.0 Å². The maximum atomic E-state index is 12.8. The SMILES string of the molecule is COC(=O)C/C=C\Cc1cccc(F)c1. The molecule has 0 atom stereocenters. The summed E-state index contributed by atoms with van der Waals surface area (Å²) in [4.78, 5) is 10.7. The van der Waals surface area contributed by atoms with Gasteiger partial charge in [-0.25, -0.2) is 4.39 Å². The van der Waals surface area contributed by atoms with Gasteiger partial charge in [-0.1, -0.05) is 24.3 Å². The normalized spacial score (nSPS) is 10.5. The standard InChI is InChI=1S/C12H13FO2/c1-15-12(14)8-3-2-5-10-6-4-7-11(13)9-10/h2-4,6-7,9H,5,8H2,1H3/b3-2-. The van der Waals surface area contributed by atoms with E-state index in [0.717, 1.165) is 5.56 Å². The molecular formula is C12H13FO2. The highest BCUT2D eigenvalue weighted by atomic mass is 19.1. The van der Waals surface area contributed by atoms with Gasteiger partial charge in [0.15, 0.2) is 0 Å². The van der Waals surface area contributed by atoms with E-state index in [0.29, 0.717) is 6.42 Å². The topological polar surface area (TPSA) is 26.3 Å². The van der Waals surface area contributed by atoms with Crippen molar-refractivity contribution in [1.82, 2.24) is 0 Å². The number of allylic oxidation sites excluding steroid dienone is 1. The average Bonchev–Trinajstić information content (AvgIpc) is 2.24. The summed E-state index contributed by atoms with van der Waals surface area (Å²) in [7, 11) is 1.35. The molecule has 15 heavy (non-hydrogen) atoms. The lowest BCUT2D eigenvalue weighted by Gasteiger charge is -1.96. The Balaban J connectivity index is 2.40. The fourth-order valence-electron chi connectivity index (χ4n) is 1.15. The Kier molecular flexibility index (Phi) is 4.54. The molecule has 0 aliphatic carbocycles. The molecule has 0 aliphatic heterocycles. The van der Waals surface area contributed by atoms with E-state index in [2.05, 4.69) is 4.74 Å². The highest BCUT2D eigenvalue weighted by Gasteiger charge is 1.95. The first-order valence-corrected chi connectivity index (χ1v) is 4.68. The van der Waals surface area contributed by atoms with Crippen LogP contribution in [0, 0.1) is 5.82 Å². The number of methoxy groups -OCH3 is 1. The van der Waals surface area contributed by atoms with Crippen molar-refractivity contribution >= 4 is 5.97 Å². The molecule has 2 nitrogen and oxygen atoms in total. The number of hydrogen-bond donors (Lipinski definition) is 0. The molecule has 80 valence electrons. The van der Waals surface area contributed by atoms with E-state index < -0.39 is 0 Å². The first-order valence-electron chi connectivity index (χ1n) is 4.68. The molecule has 0 spiro atoms. The molecule has 0 aromatic heterocycles. The Bertz CT molecular complexity index is 358. The van der Waals surface area contributed by atoms with Gasteiger partial charge in [-0.3, -0.25) is 4.79 Å². The Morgan fingerprint density at radius 3 is 2.93 bits per heavy atom. The van der Waals surface area contributed by atoms with Crippen molar-refractivity contribution in [3.05, 3.63) is 47.8 Å². The zero-order valence-corrected chi connectivity index (χ0v) is 8.57. The summed E-state index contributed by atoms with van der Waals surface area (Å²) in [6, 6.07) is 6.38. The van der Waals surface area contributed by atoms with E-state index in [9.17, 15) is 9.18 Å². The molecule has 0 N–H and O–H groups in total. The van der Waals surface area contributed by atoms with E-state index in [-0.39, 0.29) is 18.2 Å². The minimum atomic E-state index is -0.273. The number of esters is 1. The first kappa shape index (κ1) is 11.4. The van der Waals surface area contributed by atoms with E-state index in [1.807, 2.05) is 12.1 Å². The molecule has 0 fully saturated rings. The summed E-state index contributed by atoms with van der Waals surface area (Å²) < 4.78 is 17.2. The van der Waals surface area contributed by atoms with Crippen molar-refractivity contribution in [3.63, 3.8) is 0 Å². The van der Waals surface area contributed by atoms with E-state index in [1.54, 1.807) is 12.1 Å². The van der Waals surface area contributed by atoms with Gasteiger partial charge in [-0.05, 0) is 24.1 Å². The third-order valence-corrected chi connectivity index (χ3v) is 1.92. The predicted molar refractivity (Wildman–Crippen MR) is 55.9 cm³/mol. The third-order valence-electron chi connectivity index (χ3n) is 1.92. The van der Waals surface area contributed by atoms with Crippen molar-refractivity contribution in [2.75, 3.05) is 7.11 Å². The maximum Gasteiger partial charge on any atom is 0.309 e. The minimum absolute atomic E-state index is 0.242. The van der Waals surface area contributed by atoms with Crippen molar-refractivity contribution in [2.45, 2.75) is 12.8 Å². The highest BCUT2D eigenvalue weighted by Crippen LogP contribution is 2.04. The van der Waals surface area contributed by atoms with Crippen LogP contribution in [0.2, 0.25) is 0 Å². The largest absolute Gasteiger partial charge is 0.469 e. The van der Waals surface area contributed by atoms with Crippen LogP contribution in [0.25, 0.3) is 0 Å².